The Bertz CT molecular complexity index is 356. The molecule has 1 heterocycles. The first-order chi connectivity index (χ1) is 8.13. The van der Waals surface area contributed by atoms with Crippen LogP contribution in [0.25, 0.3) is 0 Å². The SMILES string of the molecule is CCC(Nc1ncnc(NN)c1OC)C(C)C. The Balaban J connectivity index is 2.97. The molecule has 6 heteroatoms. The number of rotatable bonds is 6. The molecule has 1 aromatic rings. The van der Waals surface area contributed by atoms with Crippen LogP contribution in [0.1, 0.15) is 27.2 Å². The minimum absolute atomic E-state index is 0.337. The second-order valence-corrected chi connectivity index (χ2v) is 4.15. The molecule has 17 heavy (non-hydrogen) atoms. The monoisotopic (exact) mass is 239 g/mol. The van der Waals surface area contributed by atoms with Gasteiger partial charge in [-0.1, -0.05) is 20.8 Å². The predicted octanol–water partition coefficient (Wildman–Crippen LogP) is 1.62. The third kappa shape index (κ3) is 3.20. The number of ether oxygens (including phenoxy) is 1. The smallest absolute Gasteiger partial charge is 0.205 e. The summed E-state index contributed by atoms with van der Waals surface area (Å²) in [7, 11) is 1.57. The molecule has 1 atom stereocenters. The van der Waals surface area contributed by atoms with E-state index < -0.39 is 0 Å². The molecule has 0 aliphatic rings. The maximum absolute atomic E-state index is 5.37. The molecule has 0 fully saturated rings. The van der Waals surface area contributed by atoms with Gasteiger partial charge in [0.1, 0.15) is 6.33 Å². The largest absolute Gasteiger partial charge is 0.490 e. The van der Waals surface area contributed by atoms with Gasteiger partial charge in [-0.05, 0) is 12.3 Å². The Morgan fingerprint density at radius 2 is 2.00 bits per heavy atom. The third-order valence-corrected chi connectivity index (χ3v) is 2.71. The number of anilines is 2. The van der Waals surface area contributed by atoms with Crippen LogP contribution >= 0.6 is 0 Å². The molecule has 1 aromatic heterocycles. The summed E-state index contributed by atoms with van der Waals surface area (Å²) in [4.78, 5) is 8.18. The van der Waals surface area contributed by atoms with Gasteiger partial charge in [-0.2, -0.15) is 0 Å². The summed E-state index contributed by atoms with van der Waals surface area (Å²) in [6.07, 6.45) is 2.46. The van der Waals surface area contributed by atoms with Crippen LogP contribution in [0.2, 0.25) is 0 Å². The summed E-state index contributed by atoms with van der Waals surface area (Å²) in [5.74, 6) is 7.55. The summed E-state index contributed by atoms with van der Waals surface area (Å²) < 4.78 is 5.26. The Hall–Kier alpha value is -1.56. The lowest BCUT2D eigenvalue weighted by Gasteiger charge is -2.22. The second-order valence-electron chi connectivity index (χ2n) is 4.15. The predicted molar refractivity (Wildman–Crippen MR) is 68.9 cm³/mol. The zero-order chi connectivity index (χ0) is 12.8. The third-order valence-electron chi connectivity index (χ3n) is 2.71. The first-order valence-corrected chi connectivity index (χ1v) is 5.76. The van der Waals surface area contributed by atoms with Crippen LogP contribution in [-0.4, -0.2) is 23.1 Å². The zero-order valence-electron chi connectivity index (χ0n) is 10.8. The van der Waals surface area contributed by atoms with Gasteiger partial charge in [0.2, 0.25) is 5.75 Å². The number of hydrogen-bond acceptors (Lipinski definition) is 6. The van der Waals surface area contributed by atoms with Crippen molar-refractivity contribution in [3.05, 3.63) is 6.33 Å². The fourth-order valence-electron chi connectivity index (χ4n) is 1.69. The Kier molecular flexibility index (Phi) is 4.96. The maximum Gasteiger partial charge on any atom is 0.205 e. The van der Waals surface area contributed by atoms with E-state index in [2.05, 4.69) is 41.5 Å². The number of nitrogens with one attached hydrogen (secondary N) is 2. The molecule has 6 nitrogen and oxygen atoms in total. The molecule has 0 aromatic carbocycles. The van der Waals surface area contributed by atoms with Gasteiger partial charge in [0, 0.05) is 6.04 Å². The minimum atomic E-state index is 0.337. The molecular weight excluding hydrogens is 218 g/mol. The van der Waals surface area contributed by atoms with Crippen molar-refractivity contribution in [3.8, 4) is 5.75 Å². The van der Waals surface area contributed by atoms with Gasteiger partial charge in [0.25, 0.3) is 0 Å². The number of nitrogen functional groups attached to an aromatic ring is 1. The standard InChI is InChI=1S/C11H21N5O/c1-5-8(7(2)3)15-10-9(17-4)11(16-12)14-6-13-10/h6-8H,5,12H2,1-4H3,(H2,13,14,15,16). The van der Waals surface area contributed by atoms with E-state index in [-0.39, 0.29) is 0 Å². The molecule has 1 unspecified atom stereocenters. The topological polar surface area (TPSA) is 85.1 Å². The van der Waals surface area contributed by atoms with E-state index in [4.69, 9.17) is 10.6 Å². The van der Waals surface area contributed by atoms with Gasteiger partial charge >= 0.3 is 0 Å². The van der Waals surface area contributed by atoms with Crippen molar-refractivity contribution in [2.45, 2.75) is 33.2 Å². The summed E-state index contributed by atoms with van der Waals surface area (Å²) in [6, 6.07) is 0.337. The van der Waals surface area contributed by atoms with Crippen molar-refractivity contribution in [1.82, 2.24) is 9.97 Å². The quantitative estimate of drug-likeness (QED) is 0.516. The Morgan fingerprint density at radius 3 is 2.47 bits per heavy atom. The zero-order valence-corrected chi connectivity index (χ0v) is 10.8. The summed E-state index contributed by atoms with van der Waals surface area (Å²) in [5.41, 5.74) is 2.49. The highest BCUT2D eigenvalue weighted by atomic mass is 16.5. The van der Waals surface area contributed by atoms with Gasteiger partial charge in [0.05, 0.1) is 7.11 Å². The molecule has 0 amide bonds. The van der Waals surface area contributed by atoms with Gasteiger partial charge < -0.3 is 15.5 Å². The van der Waals surface area contributed by atoms with Crippen LogP contribution in [0.15, 0.2) is 6.33 Å². The van der Waals surface area contributed by atoms with Gasteiger partial charge in [-0.15, -0.1) is 0 Å². The molecular formula is C11H21N5O. The van der Waals surface area contributed by atoms with E-state index in [0.29, 0.717) is 29.3 Å². The van der Waals surface area contributed by atoms with Crippen molar-refractivity contribution >= 4 is 11.6 Å². The van der Waals surface area contributed by atoms with E-state index in [1.807, 2.05) is 0 Å². The van der Waals surface area contributed by atoms with E-state index in [9.17, 15) is 0 Å². The molecule has 0 aliphatic heterocycles. The average Bonchev–Trinajstić information content (AvgIpc) is 2.34. The lowest BCUT2D eigenvalue weighted by Crippen LogP contribution is -2.25. The molecule has 96 valence electrons. The molecule has 0 radical (unpaired) electrons. The number of methoxy groups -OCH3 is 1. The Morgan fingerprint density at radius 1 is 1.35 bits per heavy atom. The van der Waals surface area contributed by atoms with E-state index in [1.165, 1.54) is 6.33 Å². The van der Waals surface area contributed by atoms with Gasteiger partial charge in [-0.25, -0.2) is 15.8 Å². The number of aromatic nitrogens is 2. The van der Waals surface area contributed by atoms with Crippen LogP contribution in [0.4, 0.5) is 11.6 Å². The summed E-state index contributed by atoms with van der Waals surface area (Å²) >= 11 is 0. The summed E-state index contributed by atoms with van der Waals surface area (Å²) in [6.45, 7) is 6.46. The van der Waals surface area contributed by atoms with Crippen LogP contribution in [0.5, 0.6) is 5.75 Å². The number of nitrogens with two attached hydrogens (primary N) is 1. The molecule has 0 saturated carbocycles. The minimum Gasteiger partial charge on any atom is -0.490 e. The van der Waals surface area contributed by atoms with Gasteiger partial charge in [-0.3, -0.25) is 0 Å². The number of hydrogen-bond donors (Lipinski definition) is 3. The van der Waals surface area contributed by atoms with Crippen molar-refractivity contribution < 1.29 is 4.74 Å². The lowest BCUT2D eigenvalue weighted by atomic mass is 10.0. The van der Waals surface area contributed by atoms with E-state index in [0.717, 1.165) is 6.42 Å². The maximum atomic E-state index is 5.37. The fraction of sp³-hybridized carbons (Fsp3) is 0.636. The van der Waals surface area contributed by atoms with Crippen LogP contribution in [0, 0.1) is 5.92 Å². The van der Waals surface area contributed by atoms with Crippen LogP contribution < -0.4 is 21.3 Å². The van der Waals surface area contributed by atoms with Crippen molar-refractivity contribution in [2.75, 3.05) is 17.9 Å². The van der Waals surface area contributed by atoms with Gasteiger partial charge in [0.15, 0.2) is 11.6 Å². The molecule has 0 aliphatic carbocycles. The molecule has 0 bridgehead atoms. The van der Waals surface area contributed by atoms with Crippen LogP contribution in [0.3, 0.4) is 0 Å². The highest BCUT2D eigenvalue weighted by Gasteiger charge is 2.16. The number of nitrogens with zero attached hydrogens (tertiary/aromatic N) is 2. The first kappa shape index (κ1) is 13.5. The normalized spacial score (nSPS) is 12.4. The van der Waals surface area contributed by atoms with Crippen molar-refractivity contribution in [1.29, 1.82) is 0 Å². The van der Waals surface area contributed by atoms with Crippen molar-refractivity contribution in [2.24, 2.45) is 11.8 Å². The van der Waals surface area contributed by atoms with E-state index >= 15 is 0 Å². The highest BCUT2D eigenvalue weighted by molar-refractivity contribution is 5.63. The molecule has 1 rings (SSSR count). The second kappa shape index (κ2) is 6.24. The molecule has 0 saturated heterocycles. The molecule has 4 N–H and O–H groups in total. The average molecular weight is 239 g/mol. The lowest BCUT2D eigenvalue weighted by molar-refractivity contribution is 0.412. The first-order valence-electron chi connectivity index (χ1n) is 5.76. The molecule has 0 spiro atoms. The van der Waals surface area contributed by atoms with E-state index in [1.54, 1.807) is 7.11 Å². The van der Waals surface area contributed by atoms with Crippen LogP contribution in [-0.2, 0) is 0 Å². The van der Waals surface area contributed by atoms with Crippen molar-refractivity contribution in [3.63, 3.8) is 0 Å². The Labute approximate surface area is 102 Å². The number of hydrazine groups is 1. The summed E-state index contributed by atoms with van der Waals surface area (Å²) in [5, 5.41) is 3.35. The highest BCUT2D eigenvalue weighted by Crippen LogP contribution is 2.29. The fourth-order valence-corrected chi connectivity index (χ4v) is 1.69.